The zero-order chi connectivity index (χ0) is 15.2. The van der Waals surface area contributed by atoms with Crippen LogP contribution in [0.2, 0.25) is 0 Å². The van der Waals surface area contributed by atoms with Crippen LogP contribution < -0.4 is 10.1 Å². The van der Waals surface area contributed by atoms with Crippen LogP contribution >= 0.6 is 0 Å². The zero-order valence-electron chi connectivity index (χ0n) is 12.5. The van der Waals surface area contributed by atoms with Crippen molar-refractivity contribution in [3.63, 3.8) is 0 Å². The van der Waals surface area contributed by atoms with Crippen molar-refractivity contribution in [1.29, 1.82) is 5.26 Å². The normalized spacial score (nSPS) is 13.6. The van der Waals surface area contributed by atoms with Gasteiger partial charge in [0, 0.05) is 25.4 Å². The molecule has 2 aromatic rings. The molecule has 0 bridgehead atoms. The summed E-state index contributed by atoms with van der Waals surface area (Å²) in [5, 5.41) is 12.1. The lowest BCUT2D eigenvalue weighted by molar-refractivity contribution is 0.288. The summed E-state index contributed by atoms with van der Waals surface area (Å²) in [6, 6.07) is 13.7. The summed E-state index contributed by atoms with van der Waals surface area (Å²) in [4.78, 5) is 4.33. The summed E-state index contributed by atoms with van der Waals surface area (Å²) in [6.07, 6.45) is 4.43. The Kier molecular flexibility index (Phi) is 4.67. The maximum atomic E-state index is 8.76. The van der Waals surface area contributed by atoms with Gasteiger partial charge in [-0.25, -0.2) is 4.98 Å². The van der Waals surface area contributed by atoms with Gasteiger partial charge in [-0.15, -0.1) is 0 Å². The smallest absolute Gasteiger partial charge is 0.213 e. The second kappa shape index (κ2) is 7.06. The average molecular weight is 293 g/mol. The van der Waals surface area contributed by atoms with Crippen LogP contribution in [0, 0.1) is 17.2 Å². The minimum absolute atomic E-state index is 0.690. The number of aromatic nitrogens is 1. The van der Waals surface area contributed by atoms with Crippen LogP contribution in [-0.4, -0.2) is 11.6 Å². The minimum Gasteiger partial charge on any atom is -0.477 e. The molecule has 1 aromatic heterocycles. The van der Waals surface area contributed by atoms with E-state index in [0.717, 1.165) is 36.7 Å². The molecule has 4 heteroatoms. The maximum absolute atomic E-state index is 8.76. The third kappa shape index (κ3) is 4.31. The van der Waals surface area contributed by atoms with Crippen LogP contribution in [0.25, 0.3) is 0 Å². The molecule has 1 aliphatic rings. The molecule has 1 aromatic carbocycles. The van der Waals surface area contributed by atoms with Crippen LogP contribution in [0.5, 0.6) is 5.88 Å². The number of benzene rings is 1. The number of pyridine rings is 1. The Hall–Kier alpha value is -2.38. The van der Waals surface area contributed by atoms with Crippen molar-refractivity contribution in [3.8, 4) is 11.9 Å². The highest BCUT2D eigenvalue weighted by Gasteiger charge is 2.21. The Morgan fingerprint density at radius 3 is 2.45 bits per heavy atom. The van der Waals surface area contributed by atoms with E-state index in [9.17, 15) is 0 Å². The molecule has 1 N–H and O–H groups in total. The molecule has 22 heavy (non-hydrogen) atoms. The monoisotopic (exact) mass is 293 g/mol. The number of nitriles is 1. The molecule has 0 amide bonds. The number of ether oxygens (including phenoxy) is 1. The molecule has 0 unspecified atom stereocenters. The molecule has 1 aliphatic carbocycles. The largest absolute Gasteiger partial charge is 0.477 e. The summed E-state index contributed by atoms with van der Waals surface area (Å²) >= 11 is 0. The summed E-state index contributed by atoms with van der Waals surface area (Å²) in [5.41, 5.74) is 2.98. The van der Waals surface area contributed by atoms with Gasteiger partial charge in [0.1, 0.15) is 0 Å². The number of hydrogen-bond donors (Lipinski definition) is 1. The van der Waals surface area contributed by atoms with Crippen molar-refractivity contribution in [1.82, 2.24) is 10.3 Å². The van der Waals surface area contributed by atoms with E-state index in [2.05, 4.69) is 16.4 Å². The van der Waals surface area contributed by atoms with Gasteiger partial charge in [0.15, 0.2) is 0 Å². The van der Waals surface area contributed by atoms with Crippen LogP contribution in [0.4, 0.5) is 0 Å². The molecule has 112 valence electrons. The Labute approximate surface area is 130 Å². The molecule has 1 fully saturated rings. The summed E-state index contributed by atoms with van der Waals surface area (Å²) in [5.74, 6) is 1.46. The van der Waals surface area contributed by atoms with Crippen molar-refractivity contribution < 1.29 is 4.74 Å². The van der Waals surface area contributed by atoms with E-state index >= 15 is 0 Å². The quantitative estimate of drug-likeness (QED) is 0.852. The molecule has 0 aliphatic heterocycles. The van der Waals surface area contributed by atoms with Crippen molar-refractivity contribution >= 4 is 0 Å². The molecule has 4 nitrogen and oxygen atoms in total. The van der Waals surface area contributed by atoms with E-state index in [1.165, 1.54) is 12.8 Å². The summed E-state index contributed by atoms with van der Waals surface area (Å²) in [6.45, 7) is 2.32. The van der Waals surface area contributed by atoms with E-state index in [1.54, 1.807) is 0 Å². The zero-order valence-corrected chi connectivity index (χ0v) is 12.5. The lowest BCUT2D eigenvalue weighted by Gasteiger charge is -2.07. The topological polar surface area (TPSA) is 57.9 Å². The fourth-order valence-electron chi connectivity index (χ4n) is 2.14. The van der Waals surface area contributed by atoms with E-state index in [-0.39, 0.29) is 0 Å². The fourth-order valence-corrected chi connectivity index (χ4v) is 2.14. The molecule has 3 rings (SSSR count). The van der Waals surface area contributed by atoms with Crippen LogP contribution in [0.3, 0.4) is 0 Å². The number of nitrogens with one attached hydrogen (secondary N) is 1. The summed E-state index contributed by atoms with van der Waals surface area (Å²) < 4.78 is 5.62. The van der Waals surface area contributed by atoms with E-state index in [1.807, 2.05) is 42.6 Å². The van der Waals surface area contributed by atoms with Crippen molar-refractivity contribution in [2.45, 2.75) is 25.9 Å². The molecular formula is C18H19N3O. The molecule has 1 heterocycles. The third-order valence-electron chi connectivity index (χ3n) is 3.70. The van der Waals surface area contributed by atoms with E-state index in [4.69, 9.17) is 10.00 Å². The Morgan fingerprint density at radius 2 is 1.82 bits per heavy atom. The van der Waals surface area contributed by atoms with Gasteiger partial charge in [0.25, 0.3) is 0 Å². The molecular weight excluding hydrogens is 274 g/mol. The Morgan fingerprint density at radius 1 is 1.09 bits per heavy atom. The standard InChI is InChI=1S/C18H19N3O/c19-9-14-1-3-15(4-2-14)10-20-11-17-7-8-18(21-12-17)22-13-16-5-6-16/h1-4,7-8,12,16,20H,5-6,10-11,13H2. The van der Waals surface area contributed by atoms with Gasteiger partial charge in [-0.05, 0) is 42.0 Å². The first-order valence-corrected chi connectivity index (χ1v) is 7.61. The summed E-state index contributed by atoms with van der Waals surface area (Å²) in [7, 11) is 0. The lowest BCUT2D eigenvalue weighted by atomic mass is 10.1. The molecule has 0 atom stereocenters. The highest BCUT2D eigenvalue weighted by molar-refractivity contribution is 5.31. The maximum Gasteiger partial charge on any atom is 0.213 e. The van der Waals surface area contributed by atoms with Crippen LogP contribution in [0.1, 0.15) is 29.5 Å². The van der Waals surface area contributed by atoms with E-state index < -0.39 is 0 Å². The van der Waals surface area contributed by atoms with Gasteiger partial charge < -0.3 is 10.1 Å². The number of nitrogens with zero attached hydrogens (tertiary/aromatic N) is 2. The van der Waals surface area contributed by atoms with Gasteiger partial charge >= 0.3 is 0 Å². The average Bonchev–Trinajstić information content (AvgIpc) is 3.39. The second-order valence-electron chi connectivity index (χ2n) is 5.67. The third-order valence-corrected chi connectivity index (χ3v) is 3.70. The van der Waals surface area contributed by atoms with Gasteiger partial charge in [-0.2, -0.15) is 5.26 Å². The van der Waals surface area contributed by atoms with Gasteiger partial charge in [-0.1, -0.05) is 18.2 Å². The minimum atomic E-state index is 0.690. The number of hydrogen-bond acceptors (Lipinski definition) is 4. The predicted octanol–water partition coefficient (Wildman–Crippen LogP) is 3.03. The predicted molar refractivity (Wildman–Crippen MR) is 84.2 cm³/mol. The first kappa shape index (κ1) is 14.6. The first-order valence-electron chi connectivity index (χ1n) is 7.61. The van der Waals surface area contributed by atoms with Gasteiger partial charge in [-0.3, -0.25) is 0 Å². The van der Waals surface area contributed by atoms with Gasteiger partial charge in [0.05, 0.1) is 18.2 Å². The van der Waals surface area contributed by atoms with E-state index in [0.29, 0.717) is 11.4 Å². The SMILES string of the molecule is N#Cc1ccc(CNCc2ccc(OCC3CC3)nc2)cc1. The molecule has 1 saturated carbocycles. The molecule has 0 saturated heterocycles. The van der Waals surface area contributed by atoms with Crippen molar-refractivity contribution in [3.05, 3.63) is 59.3 Å². The lowest BCUT2D eigenvalue weighted by Crippen LogP contribution is -2.12. The molecule has 0 spiro atoms. The van der Waals surface area contributed by atoms with Crippen molar-refractivity contribution in [2.75, 3.05) is 6.61 Å². The highest BCUT2D eigenvalue weighted by atomic mass is 16.5. The molecule has 0 radical (unpaired) electrons. The first-order chi connectivity index (χ1) is 10.8. The van der Waals surface area contributed by atoms with Crippen molar-refractivity contribution in [2.24, 2.45) is 5.92 Å². The Balaban J connectivity index is 1.43. The van der Waals surface area contributed by atoms with Crippen LogP contribution in [0.15, 0.2) is 42.6 Å². The van der Waals surface area contributed by atoms with Gasteiger partial charge in [0.2, 0.25) is 5.88 Å². The van der Waals surface area contributed by atoms with Crippen LogP contribution in [-0.2, 0) is 13.1 Å². The highest BCUT2D eigenvalue weighted by Crippen LogP contribution is 2.29. The Bertz CT molecular complexity index is 640. The fraction of sp³-hybridized carbons (Fsp3) is 0.333. The second-order valence-corrected chi connectivity index (χ2v) is 5.67. The number of rotatable bonds is 7.